The Morgan fingerprint density at radius 3 is 2.32 bits per heavy atom. The van der Waals surface area contributed by atoms with Gasteiger partial charge in [0.15, 0.2) is 6.04 Å². The fourth-order valence-corrected chi connectivity index (χ4v) is 3.82. The number of carboxylic acid groups (broad SMARTS) is 1. The molecule has 2 fully saturated rings. The van der Waals surface area contributed by atoms with Crippen molar-refractivity contribution in [2.45, 2.75) is 31.7 Å². The van der Waals surface area contributed by atoms with Gasteiger partial charge in [0.25, 0.3) is 0 Å². The minimum Gasteiger partial charge on any atom is -0.497 e. The number of nitrogens with zero attached hydrogens (tertiary/aromatic N) is 2. The minimum atomic E-state index is -1.14. The van der Waals surface area contributed by atoms with E-state index in [9.17, 15) is 19.5 Å². The molecule has 0 bridgehead atoms. The number of likely N-dealkylation sites (tertiary alicyclic amines) is 2. The van der Waals surface area contributed by atoms with E-state index in [0.717, 1.165) is 32.4 Å². The summed E-state index contributed by atoms with van der Waals surface area (Å²) in [7, 11) is 1.53. The van der Waals surface area contributed by atoms with Crippen molar-refractivity contribution in [3.63, 3.8) is 0 Å². The van der Waals surface area contributed by atoms with Gasteiger partial charge in [-0.1, -0.05) is 12.1 Å². The molecule has 8 nitrogen and oxygen atoms in total. The first-order valence-corrected chi connectivity index (χ1v) is 9.70. The van der Waals surface area contributed by atoms with Crippen molar-refractivity contribution >= 4 is 17.9 Å². The van der Waals surface area contributed by atoms with Crippen LogP contribution in [0, 0.1) is 5.92 Å². The smallest absolute Gasteiger partial charge is 0.330 e. The molecular weight excluding hydrogens is 362 g/mol. The van der Waals surface area contributed by atoms with Crippen LogP contribution in [0.15, 0.2) is 24.3 Å². The van der Waals surface area contributed by atoms with Crippen molar-refractivity contribution in [1.82, 2.24) is 15.1 Å². The lowest BCUT2D eigenvalue weighted by Gasteiger charge is -2.35. The molecule has 0 radical (unpaired) electrons. The van der Waals surface area contributed by atoms with E-state index < -0.39 is 17.9 Å². The topological polar surface area (TPSA) is 99.2 Å². The summed E-state index contributed by atoms with van der Waals surface area (Å²) in [5.74, 6) is -1.25. The molecule has 3 amide bonds. The lowest BCUT2D eigenvalue weighted by molar-refractivity contribution is -0.143. The number of carbonyl (C=O) groups is 3. The molecule has 0 aliphatic carbocycles. The molecule has 28 heavy (non-hydrogen) atoms. The first-order chi connectivity index (χ1) is 13.5. The molecular formula is C20H27N3O5. The van der Waals surface area contributed by atoms with Crippen LogP contribution in [0.2, 0.25) is 0 Å². The highest BCUT2D eigenvalue weighted by Crippen LogP contribution is 2.22. The molecule has 2 atom stereocenters. The maximum Gasteiger partial charge on any atom is 0.330 e. The van der Waals surface area contributed by atoms with Crippen LogP contribution in [0.5, 0.6) is 5.75 Å². The average Bonchev–Trinajstić information content (AvgIpc) is 3.26. The highest BCUT2D eigenvalue weighted by Gasteiger charge is 2.33. The van der Waals surface area contributed by atoms with Crippen LogP contribution in [0.3, 0.4) is 0 Å². The highest BCUT2D eigenvalue weighted by atomic mass is 16.5. The molecule has 2 saturated heterocycles. The number of aliphatic carboxylic acids is 1. The van der Waals surface area contributed by atoms with Gasteiger partial charge in [0.2, 0.25) is 5.91 Å². The van der Waals surface area contributed by atoms with Gasteiger partial charge < -0.3 is 25.0 Å². The number of amides is 3. The standard InChI is InChI=1S/C20H27N3O5/c1-28-16-8-6-14(7-9-16)17(19(25)26)21-18(24)15-5-4-12-23(13-15)20(27)22-10-2-3-11-22/h6-9,15,17H,2-5,10-13H2,1H3,(H,21,24)(H,25,26). The van der Waals surface area contributed by atoms with E-state index >= 15 is 0 Å². The van der Waals surface area contributed by atoms with Crippen molar-refractivity contribution in [2.75, 3.05) is 33.3 Å². The number of hydrogen-bond acceptors (Lipinski definition) is 4. The second-order valence-corrected chi connectivity index (χ2v) is 7.31. The van der Waals surface area contributed by atoms with Gasteiger partial charge in [-0.15, -0.1) is 0 Å². The number of carboxylic acids is 1. The fourth-order valence-electron chi connectivity index (χ4n) is 3.82. The van der Waals surface area contributed by atoms with Crippen LogP contribution in [0.25, 0.3) is 0 Å². The predicted molar refractivity (Wildman–Crippen MR) is 102 cm³/mol. The number of rotatable bonds is 5. The van der Waals surface area contributed by atoms with E-state index in [1.165, 1.54) is 7.11 Å². The minimum absolute atomic E-state index is 0.0139. The quantitative estimate of drug-likeness (QED) is 0.801. The molecule has 0 aromatic heterocycles. The molecule has 2 N–H and O–H groups in total. The lowest BCUT2D eigenvalue weighted by Crippen LogP contribution is -2.50. The molecule has 0 saturated carbocycles. The Hall–Kier alpha value is -2.77. The average molecular weight is 389 g/mol. The summed E-state index contributed by atoms with van der Waals surface area (Å²) >= 11 is 0. The van der Waals surface area contributed by atoms with Crippen molar-refractivity contribution < 1.29 is 24.2 Å². The van der Waals surface area contributed by atoms with Crippen LogP contribution in [-0.2, 0) is 9.59 Å². The molecule has 2 aliphatic heterocycles. The number of benzene rings is 1. The zero-order chi connectivity index (χ0) is 20.1. The van der Waals surface area contributed by atoms with Gasteiger partial charge in [-0.05, 0) is 43.4 Å². The Morgan fingerprint density at radius 1 is 1.07 bits per heavy atom. The molecule has 0 spiro atoms. The monoisotopic (exact) mass is 389 g/mol. The Morgan fingerprint density at radius 2 is 1.71 bits per heavy atom. The van der Waals surface area contributed by atoms with E-state index in [1.54, 1.807) is 29.2 Å². The van der Waals surface area contributed by atoms with Gasteiger partial charge in [0.1, 0.15) is 5.75 Å². The second kappa shape index (κ2) is 8.95. The molecule has 152 valence electrons. The summed E-state index contributed by atoms with van der Waals surface area (Å²) in [6.45, 7) is 2.51. The van der Waals surface area contributed by atoms with E-state index in [4.69, 9.17) is 4.74 Å². The molecule has 3 rings (SSSR count). The third-order valence-electron chi connectivity index (χ3n) is 5.42. The molecule has 2 unspecified atom stereocenters. The first kappa shape index (κ1) is 20.0. The lowest BCUT2D eigenvalue weighted by atomic mass is 9.96. The van der Waals surface area contributed by atoms with E-state index in [1.807, 2.05) is 4.90 Å². The number of urea groups is 1. The summed E-state index contributed by atoms with van der Waals surface area (Å²) in [4.78, 5) is 40.6. The molecule has 8 heteroatoms. The summed E-state index contributed by atoms with van der Waals surface area (Å²) in [6.07, 6.45) is 3.42. The molecule has 1 aromatic rings. The number of hydrogen-bond donors (Lipinski definition) is 2. The van der Waals surface area contributed by atoms with Crippen LogP contribution in [0.1, 0.15) is 37.3 Å². The maximum atomic E-state index is 12.7. The van der Waals surface area contributed by atoms with Crippen LogP contribution in [0.4, 0.5) is 4.79 Å². The highest BCUT2D eigenvalue weighted by molar-refractivity contribution is 5.86. The fraction of sp³-hybridized carbons (Fsp3) is 0.550. The van der Waals surface area contributed by atoms with Crippen molar-refractivity contribution in [3.8, 4) is 5.75 Å². The Labute approximate surface area is 164 Å². The van der Waals surface area contributed by atoms with Crippen LogP contribution >= 0.6 is 0 Å². The van der Waals surface area contributed by atoms with E-state index in [2.05, 4.69) is 5.32 Å². The van der Waals surface area contributed by atoms with Gasteiger partial charge >= 0.3 is 12.0 Å². The maximum absolute atomic E-state index is 12.7. The molecule has 1 aromatic carbocycles. The third-order valence-corrected chi connectivity index (χ3v) is 5.42. The summed E-state index contributed by atoms with van der Waals surface area (Å²) in [5.41, 5.74) is 0.474. The SMILES string of the molecule is COc1ccc(C(NC(=O)C2CCCN(C(=O)N3CCCC3)C2)C(=O)O)cc1. The second-order valence-electron chi connectivity index (χ2n) is 7.31. The third kappa shape index (κ3) is 4.55. The van der Waals surface area contributed by atoms with Gasteiger partial charge in [-0.2, -0.15) is 0 Å². The Balaban J connectivity index is 1.63. The Kier molecular flexibility index (Phi) is 6.38. The number of ether oxygens (including phenoxy) is 1. The number of piperidine rings is 1. The molecule has 2 aliphatic rings. The van der Waals surface area contributed by atoms with Crippen molar-refractivity contribution in [3.05, 3.63) is 29.8 Å². The first-order valence-electron chi connectivity index (χ1n) is 9.70. The van der Waals surface area contributed by atoms with Crippen LogP contribution < -0.4 is 10.1 Å². The summed E-state index contributed by atoms with van der Waals surface area (Å²) in [5, 5.41) is 12.2. The Bertz CT molecular complexity index is 715. The van der Waals surface area contributed by atoms with Gasteiger partial charge in [-0.25, -0.2) is 9.59 Å². The van der Waals surface area contributed by atoms with Gasteiger partial charge in [0.05, 0.1) is 13.0 Å². The van der Waals surface area contributed by atoms with Crippen molar-refractivity contribution in [2.24, 2.45) is 5.92 Å². The number of nitrogens with one attached hydrogen (secondary N) is 1. The zero-order valence-electron chi connectivity index (χ0n) is 16.1. The predicted octanol–water partition coefficient (Wildman–Crippen LogP) is 1.86. The zero-order valence-corrected chi connectivity index (χ0v) is 16.1. The van der Waals surface area contributed by atoms with E-state index in [0.29, 0.717) is 30.8 Å². The largest absolute Gasteiger partial charge is 0.497 e. The summed E-state index contributed by atoms with van der Waals surface area (Å²) in [6, 6.07) is 5.43. The number of methoxy groups -OCH3 is 1. The van der Waals surface area contributed by atoms with Crippen LogP contribution in [-0.4, -0.2) is 66.1 Å². The van der Waals surface area contributed by atoms with Gasteiger partial charge in [-0.3, -0.25) is 4.79 Å². The summed E-state index contributed by atoms with van der Waals surface area (Å²) < 4.78 is 5.09. The number of carbonyl (C=O) groups excluding carboxylic acids is 2. The van der Waals surface area contributed by atoms with E-state index in [-0.39, 0.29) is 11.9 Å². The van der Waals surface area contributed by atoms with Gasteiger partial charge in [0, 0.05) is 26.2 Å². The molecule has 2 heterocycles. The normalized spacial score (nSPS) is 20.5. The van der Waals surface area contributed by atoms with Crippen molar-refractivity contribution in [1.29, 1.82) is 0 Å².